The van der Waals surface area contributed by atoms with Crippen molar-refractivity contribution in [2.45, 2.75) is 26.2 Å². The van der Waals surface area contributed by atoms with E-state index in [1.165, 1.54) is 0 Å². The number of imidazole rings is 1. The lowest BCUT2D eigenvalue weighted by molar-refractivity contribution is -0.133. The summed E-state index contributed by atoms with van der Waals surface area (Å²) in [5.74, 6) is 2.16. The molecule has 3 aromatic rings. The SMILES string of the molecule is COc1ccc(-c2cn3cccc(OCCC(=O)N4CCC(C)CC4)c3n2)cc1N. The summed E-state index contributed by atoms with van der Waals surface area (Å²) in [5.41, 5.74) is 9.00. The first-order valence-electron chi connectivity index (χ1n) is 10.4. The molecule has 4 rings (SSSR count). The van der Waals surface area contributed by atoms with Crippen LogP contribution in [0.5, 0.6) is 11.5 Å². The van der Waals surface area contributed by atoms with Crippen molar-refractivity contribution in [3.8, 4) is 22.8 Å². The molecule has 0 unspecified atom stereocenters. The molecule has 0 saturated carbocycles. The van der Waals surface area contributed by atoms with E-state index in [1.807, 2.05) is 52.0 Å². The van der Waals surface area contributed by atoms with Crippen LogP contribution in [0.1, 0.15) is 26.2 Å². The number of nitrogen functional groups attached to an aromatic ring is 1. The van der Waals surface area contributed by atoms with Gasteiger partial charge in [-0.15, -0.1) is 0 Å². The Labute approximate surface area is 176 Å². The molecule has 1 aliphatic heterocycles. The second-order valence-corrected chi connectivity index (χ2v) is 7.85. The zero-order valence-corrected chi connectivity index (χ0v) is 17.5. The first kappa shape index (κ1) is 20.1. The van der Waals surface area contributed by atoms with Crippen molar-refractivity contribution in [1.82, 2.24) is 14.3 Å². The van der Waals surface area contributed by atoms with E-state index in [2.05, 4.69) is 6.92 Å². The molecule has 158 valence electrons. The molecule has 0 atom stereocenters. The maximum absolute atomic E-state index is 12.4. The second kappa shape index (κ2) is 8.65. The molecule has 1 aromatic carbocycles. The fraction of sp³-hybridized carbons (Fsp3) is 0.391. The Morgan fingerprint density at radius 2 is 2.03 bits per heavy atom. The molecular weight excluding hydrogens is 380 g/mol. The van der Waals surface area contributed by atoms with E-state index in [0.29, 0.717) is 41.8 Å². The number of methoxy groups -OCH3 is 1. The Bertz CT molecular complexity index is 1040. The summed E-state index contributed by atoms with van der Waals surface area (Å²) in [6.07, 6.45) is 6.39. The van der Waals surface area contributed by atoms with E-state index >= 15 is 0 Å². The van der Waals surface area contributed by atoms with E-state index in [9.17, 15) is 4.79 Å². The molecule has 7 heteroatoms. The molecule has 1 fully saturated rings. The molecular formula is C23H28N4O3. The van der Waals surface area contributed by atoms with Crippen LogP contribution in [0.3, 0.4) is 0 Å². The number of nitrogens with two attached hydrogens (primary N) is 1. The largest absolute Gasteiger partial charge is 0.495 e. The minimum atomic E-state index is 0.159. The van der Waals surface area contributed by atoms with Crippen molar-refractivity contribution in [3.63, 3.8) is 0 Å². The number of hydrogen-bond donors (Lipinski definition) is 1. The highest BCUT2D eigenvalue weighted by Gasteiger charge is 2.20. The number of ether oxygens (including phenoxy) is 2. The van der Waals surface area contributed by atoms with Crippen LogP contribution in [-0.2, 0) is 4.79 Å². The summed E-state index contributed by atoms with van der Waals surface area (Å²) in [5, 5.41) is 0. The third kappa shape index (κ3) is 4.20. The third-order valence-electron chi connectivity index (χ3n) is 5.68. The molecule has 2 N–H and O–H groups in total. The Morgan fingerprint density at radius 1 is 1.23 bits per heavy atom. The third-order valence-corrected chi connectivity index (χ3v) is 5.68. The summed E-state index contributed by atoms with van der Waals surface area (Å²) >= 11 is 0. The van der Waals surface area contributed by atoms with Gasteiger partial charge in [0.2, 0.25) is 5.91 Å². The van der Waals surface area contributed by atoms with Crippen molar-refractivity contribution in [2.75, 3.05) is 32.5 Å². The number of likely N-dealkylation sites (tertiary alicyclic amines) is 1. The molecule has 30 heavy (non-hydrogen) atoms. The topological polar surface area (TPSA) is 82.1 Å². The van der Waals surface area contributed by atoms with Crippen LogP contribution in [0, 0.1) is 5.92 Å². The standard InChI is InChI=1S/C23H28N4O3/c1-16-7-11-26(12-8-16)22(28)9-13-30-21-4-3-10-27-15-19(25-23(21)27)17-5-6-20(29-2)18(24)14-17/h3-6,10,14-16H,7-9,11-13,24H2,1-2H3. The Balaban J connectivity index is 1.45. The summed E-state index contributed by atoms with van der Waals surface area (Å²) in [4.78, 5) is 19.1. The normalized spacial score (nSPS) is 14.8. The highest BCUT2D eigenvalue weighted by atomic mass is 16.5. The summed E-state index contributed by atoms with van der Waals surface area (Å²) in [7, 11) is 1.59. The van der Waals surface area contributed by atoms with Gasteiger partial charge in [0.1, 0.15) is 5.75 Å². The van der Waals surface area contributed by atoms with Crippen LogP contribution in [-0.4, -0.2) is 47.0 Å². The van der Waals surface area contributed by atoms with Crippen LogP contribution in [0.2, 0.25) is 0 Å². The van der Waals surface area contributed by atoms with Gasteiger partial charge in [0.25, 0.3) is 0 Å². The molecule has 1 aliphatic rings. The van der Waals surface area contributed by atoms with E-state index in [1.54, 1.807) is 7.11 Å². The molecule has 0 bridgehead atoms. The second-order valence-electron chi connectivity index (χ2n) is 7.85. The quantitative estimate of drug-likeness (QED) is 0.630. The Hall–Kier alpha value is -3.22. The number of carbonyl (C=O) groups excluding carboxylic acids is 1. The highest BCUT2D eigenvalue weighted by Crippen LogP contribution is 2.29. The van der Waals surface area contributed by atoms with Gasteiger partial charge in [-0.25, -0.2) is 4.98 Å². The maximum atomic E-state index is 12.4. The number of rotatable bonds is 6. The van der Waals surface area contributed by atoms with Crippen molar-refractivity contribution in [2.24, 2.45) is 5.92 Å². The number of carbonyl (C=O) groups is 1. The summed E-state index contributed by atoms with van der Waals surface area (Å²) in [6, 6.07) is 9.39. The van der Waals surface area contributed by atoms with Gasteiger partial charge in [0.15, 0.2) is 11.4 Å². The molecule has 0 spiro atoms. The Morgan fingerprint density at radius 3 is 2.77 bits per heavy atom. The number of hydrogen-bond acceptors (Lipinski definition) is 5. The lowest BCUT2D eigenvalue weighted by atomic mass is 9.99. The smallest absolute Gasteiger partial charge is 0.225 e. The number of nitrogens with zero attached hydrogens (tertiary/aromatic N) is 3. The lowest BCUT2D eigenvalue weighted by Gasteiger charge is -2.30. The average molecular weight is 409 g/mol. The van der Waals surface area contributed by atoms with Gasteiger partial charge in [-0.2, -0.15) is 0 Å². The van der Waals surface area contributed by atoms with Crippen LogP contribution in [0.25, 0.3) is 16.9 Å². The van der Waals surface area contributed by atoms with Crippen molar-refractivity contribution < 1.29 is 14.3 Å². The monoisotopic (exact) mass is 408 g/mol. The predicted molar refractivity (Wildman–Crippen MR) is 117 cm³/mol. The van der Waals surface area contributed by atoms with Gasteiger partial charge >= 0.3 is 0 Å². The molecule has 3 heterocycles. The Kier molecular flexibility index (Phi) is 5.79. The van der Waals surface area contributed by atoms with Crippen molar-refractivity contribution in [3.05, 3.63) is 42.7 Å². The van der Waals surface area contributed by atoms with E-state index < -0.39 is 0 Å². The van der Waals surface area contributed by atoms with E-state index in [-0.39, 0.29) is 5.91 Å². The highest BCUT2D eigenvalue weighted by molar-refractivity contribution is 5.76. The number of fused-ring (bicyclic) bond motifs is 1. The van der Waals surface area contributed by atoms with Gasteiger partial charge in [-0.3, -0.25) is 4.79 Å². The first-order valence-corrected chi connectivity index (χ1v) is 10.4. The summed E-state index contributed by atoms with van der Waals surface area (Å²) in [6.45, 7) is 4.28. The lowest BCUT2D eigenvalue weighted by Crippen LogP contribution is -2.38. The molecule has 1 amide bonds. The zero-order chi connectivity index (χ0) is 21.1. The van der Waals surface area contributed by atoms with E-state index in [0.717, 1.165) is 37.2 Å². The van der Waals surface area contributed by atoms with Crippen LogP contribution in [0.15, 0.2) is 42.7 Å². The number of pyridine rings is 1. The molecule has 7 nitrogen and oxygen atoms in total. The fourth-order valence-corrected chi connectivity index (χ4v) is 3.80. The minimum absolute atomic E-state index is 0.159. The van der Waals surface area contributed by atoms with Crippen LogP contribution in [0.4, 0.5) is 5.69 Å². The molecule has 0 aliphatic carbocycles. The number of aromatic nitrogens is 2. The van der Waals surface area contributed by atoms with Crippen molar-refractivity contribution in [1.29, 1.82) is 0 Å². The number of benzene rings is 1. The first-order chi connectivity index (χ1) is 14.5. The van der Waals surface area contributed by atoms with Crippen molar-refractivity contribution >= 4 is 17.2 Å². The molecule has 0 radical (unpaired) electrons. The average Bonchev–Trinajstić information content (AvgIpc) is 3.19. The predicted octanol–water partition coefficient (Wildman–Crippen LogP) is 3.62. The number of anilines is 1. The maximum Gasteiger partial charge on any atom is 0.225 e. The van der Waals surface area contributed by atoms with Gasteiger partial charge in [-0.05, 0) is 49.1 Å². The van der Waals surface area contributed by atoms with Crippen LogP contribution < -0.4 is 15.2 Å². The summed E-state index contributed by atoms with van der Waals surface area (Å²) < 4.78 is 13.1. The fourth-order valence-electron chi connectivity index (χ4n) is 3.80. The van der Waals surface area contributed by atoms with Crippen LogP contribution >= 0.6 is 0 Å². The minimum Gasteiger partial charge on any atom is -0.495 e. The van der Waals surface area contributed by atoms with Gasteiger partial charge in [0.05, 0.1) is 31.5 Å². The van der Waals surface area contributed by atoms with E-state index in [4.69, 9.17) is 20.2 Å². The molecule has 2 aromatic heterocycles. The van der Waals surface area contributed by atoms with Gasteiger partial charge in [0, 0.05) is 31.0 Å². The zero-order valence-electron chi connectivity index (χ0n) is 17.5. The van der Waals surface area contributed by atoms with Gasteiger partial charge < -0.3 is 24.5 Å². The number of amides is 1. The molecule has 1 saturated heterocycles. The van der Waals surface area contributed by atoms with Gasteiger partial charge in [-0.1, -0.05) is 6.92 Å². The number of piperidine rings is 1.